The fourth-order valence-electron chi connectivity index (χ4n) is 2.96. The van der Waals surface area contributed by atoms with Crippen LogP contribution in [0.4, 0.5) is 0 Å². The van der Waals surface area contributed by atoms with Crippen molar-refractivity contribution in [3.63, 3.8) is 0 Å². The molecule has 0 unspecified atom stereocenters. The van der Waals surface area contributed by atoms with Crippen LogP contribution in [0.1, 0.15) is 0 Å². The van der Waals surface area contributed by atoms with Gasteiger partial charge in [-0.2, -0.15) is 0 Å². The van der Waals surface area contributed by atoms with Crippen LogP contribution in [0.5, 0.6) is 0 Å². The van der Waals surface area contributed by atoms with Gasteiger partial charge in [-0.25, -0.2) is 0 Å². The summed E-state index contributed by atoms with van der Waals surface area (Å²) in [7, 11) is 0. The average molecular weight is 333 g/mol. The summed E-state index contributed by atoms with van der Waals surface area (Å²) in [4.78, 5) is 0. The third-order valence-electron chi connectivity index (χ3n) is 3.95. The summed E-state index contributed by atoms with van der Waals surface area (Å²) in [6, 6.07) is 27.9. The summed E-state index contributed by atoms with van der Waals surface area (Å²) in [6.45, 7) is 0. The topological polar surface area (TPSA) is 0 Å². The lowest BCUT2D eigenvalue weighted by atomic mass is 9.94. The smallest absolute Gasteiger partial charge is 0.0254 e. The fraction of sp³-hybridized carbons (Fsp3) is 0. The second kappa shape index (κ2) is 5.01. The van der Waals surface area contributed by atoms with Gasteiger partial charge in [-0.15, -0.1) is 0 Å². The van der Waals surface area contributed by atoms with E-state index < -0.39 is 0 Å². The van der Waals surface area contributed by atoms with Crippen LogP contribution in [-0.2, 0) is 0 Å². The Bertz CT molecular complexity index is 949. The van der Waals surface area contributed by atoms with Gasteiger partial charge in [0.05, 0.1) is 0 Å². The highest BCUT2D eigenvalue weighted by Crippen LogP contribution is 2.36. The molecule has 21 heavy (non-hydrogen) atoms. The minimum atomic E-state index is 1.14. The van der Waals surface area contributed by atoms with E-state index in [0.717, 1.165) is 4.47 Å². The van der Waals surface area contributed by atoms with Gasteiger partial charge in [0.25, 0.3) is 0 Å². The van der Waals surface area contributed by atoms with Gasteiger partial charge in [-0.05, 0) is 38.7 Å². The molecule has 0 fully saturated rings. The highest BCUT2D eigenvalue weighted by molar-refractivity contribution is 9.10. The van der Waals surface area contributed by atoms with Gasteiger partial charge in [-0.3, -0.25) is 0 Å². The van der Waals surface area contributed by atoms with Crippen molar-refractivity contribution >= 4 is 37.5 Å². The maximum atomic E-state index is 3.65. The van der Waals surface area contributed by atoms with Gasteiger partial charge in [0, 0.05) is 4.47 Å². The standard InChI is InChI=1S/C20H13Br/c21-20-13-12-18(17-9-3-4-10-19(17)20)16-11-5-7-14-6-1-2-8-15(14)16/h1-13H. The quantitative estimate of drug-likeness (QED) is 0.377. The van der Waals surface area contributed by atoms with Crippen LogP contribution < -0.4 is 0 Å². The van der Waals surface area contributed by atoms with Crippen molar-refractivity contribution in [3.05, 3.63) is 83.3 Å². The Morgan fingerprint density at radius 3 is 1.95 bits per heavy atom. The lowest BCUT2D eigenvalue weighted by molar-refractivity contribution is 1.66. The van der Waals surface area contributed by atoms with Crippen molar-refractivity contribution in [2.45, 2.75) is 0 Å². The van der Waals surface area contributed by atoms with Crippen LogP contribution in [0, 0.1) is 0 Å². The number of benzene rings is 4. The molecule has 0 saturated carbocycles. The molecule has 100 valence electrons. The zero-order valence-corrected chi connectivity index (χ0v) is 13.0. The average Bonchev–Trinajstić information content (AvgIpc) is 2.55. The molecule has 1 heteroatoms. The summed E-state index contributed by atoms with van der Waals surface area (Å²) in [6.07, 6.45) is 0. The molecule has 0 atom stereocenters. The molecule has 0 heterocycles. The highest BCUT2D eigenvalue weighted by atomic mass is 79.9. The van der Waals surface area contributed by atoms with E-state index in [1.54, 1.807) is 0 Å². The summed E-state index contributed by atoms with van der Waals surface area (Å²) < 4.78 is 1.14. The molecule has 0 aromatic heterocycles. The van der Waals surface area contributed by atoms with E-state index >= 15 is 0 Å². The molecule has 0 saturated heterocycles. The number of rotatable bonds is 1. The van der Waals surface area contributed by atoms with E-state index in [4.69, 9.17) is 0 Å². The lowest BCUT2D eigenvalue weighted by Gasteiger charge is -2.11. The van der Waals surface area contributed by atoms with Crippen LogP contribution in [0.3, 0.4) is 0 Å². The van der Waals surface area contributed by atoms with Gasteiger partial charge in [0.2, 0.25) is 0 Å². The van der Waals surface area contributed by atoms with E-state index in [9.17, 15) is 0 Å². The molecule has 0 N–H and O–H groups in total. The van der Waals surface area contributed by atoms with Crippen LogP contribution in [0.25, 0.3) is 32.7 Å². The minimum absolute atomic E-state index is 1.14. The van der Waals surface area contributed by atoms with E-state index in [-0.39, 0.29) is 0 Å². The van der Waals surface area contributed by atoms with Crippen molar-refractivity contribution in [2.24, 2.45) is 0 Å². The third-order valence-corrected chi connectivity index (χ3v) is 4.64. The SMILES string of the molecule is Brc1ccc(-c2cccc3ccccc23)c2ccccc12. The zero-order chi connectivity index (χ0) is 14.2. The Hall–Kier alpha value is -2.12. The van der Waals surface area contributed by atoms with Crippen LogP contribution >= 0.6 is 15.9 Å². The Labute approximate surface area is 132 Å². The monoisotopic (exact) mass is 332 g/mol. The van der Waals surface area contributed by atoms with Gasteiger partial charge < -0.3 is 0 Å². The first-order valence-corrected chi connectivity index (χ1v) is 7.79. The van der Waals surface area contributed by atoms with E-state index in [1.165, 1.54) is 32.7 Å². The summed E-state index contributed by atoms with van der Waals surface area (Å²) in [5.74, 6) is 0. The van der Waals surface area contributed by atoms with Crippen molar-refractivity contribution in [1.82, 2.24) is 0 Å². The summed E-state index contributed by atoms with van der Waals surface area (Å²) in [5, 5.41) is 5.11. The van der Waals surface area contributed by atoms with Crippen LogP contribution in [0.15, 0.2) is 83.3 Å². The van der Waals surface area contributed by atoms with Crippen LogP contribution in [0.2, 0.25) is 0 Å². The second-order valence-electron chi connectivity index (χ2n) is 5.17. The molecule has 0 aliphatic carbocycles. The fourth-order valence-corrected chi connectivity index (χ4v) is 3.44. The van der Waals surface area contributed by atoms with Gasteiger partial charge in [0.1, 0.15) is 0 Å². The van der Waals surface area contributed by atoms with E-state index in [1.807, 2.05) is 0 Å². The predicted molar refractivity (Wildman–Crippen MR) is 94.6 cm³/mol. The molecule has 0 spiro atoms. The number of hydrogen-bond acceptors (Lipinski definition) is 0. The van der Waals surface area contributed by atoms with Gasteiger partial charge >= 0.3 is 0 Å². The van der Waals surface area contributed by atoms with Crippen molar-refractivity contribution in [1.29, 1.82) is 0 Å². The van der Waals surface area contributed by atoms with Crippen molar-refractivity contribution in [2.75, 3.05) is 0 Å². The number of halogens is 1. The van der Waals surface area contributed by atoms with Crippen molar-refractivity contribution < 1.29 is 0 Å². The normalized spacial score (nSPS) is 11.1. The maximum absolute atomic E-state index is 3.65. The minimum Gasteiger partial charge on any atom is -0.0616 e. The van der Waals surface area contributed by atoms with Crippen LogP contribution in [-0.4, -0.2) is 0 Å². The molecular formula is C20H13Br. The molecule has 4 aromatic rings. The molecule has 0 bridgehead atoms. The number of fused-ring (bicyclic) bond motifs is 2. The Kier molecular flexibility index (Phi) is 3.01. The molecule has 0 aliphatic rings. The predicted octanol–water partition coefficient (Wildman–Crippen LogP) is 6.42. The molecule has 4 rings (SSSR count). The largest absolute Gasteiger partial charge is 0.0616 e. The number of hydrogen-bond donors (Lipinski definition) is 0. The molecule has 0 amide bonds. The Morgan fingerprint density at radius 1 is 0.476 bits per heavy atom. The maximum Gasteiger partial charge on any atom is 0.0254 e. The van der Waals surface area contributed by atoms with Crippen molar-refractivity contribution in [3.8, 4) is 11.1 Å². The Balaban J connectivity index is 2.13. The van der Waals surface area contributed by atoms with Gasteiger partial charge in [-0.1, -0.05) is 88.7 Å². The van der Waals surface area contributed by atoms with E-state index in [0.29, 0.717) is 0 Å². The zero-order valence-electron chi connectivity index (χ0n) is 11.4. The summed E-state index contributed by atoms with van der Waals surface area (Å²) >= 11 is 3.65. The molecule has 0 radical (unpaired) electrons. The van der Waals surface area contributed by atoms with E-state index in [2.05, 4.69) is 94.8 Å². The molecular weight excluding hydrogens is 320 g/mol. The molecule has 0 nitrogen and oxygen atoms in total. The molecule has 0 aliphatic heterocycles. The van der Waals surface area contributed by atoms with Gasteiger partial charge in [0.15, 0.2) is 0 Å². The molecule has 4 aromatic carbocycles. The lowest BCUT2D eigenvalue weighted by Crippen LogP contribution is -1.84. The first kappa shape index (κ1) is 12.6. The Morgan fingerprint density at radius 2 is 1.10 bits per heavy atom. The third kappa shape index (κ3) is 2.05. The second-order valence-corrected chi connectivity index (χ2v) is 6.02. The first-order valence-electron chi connectivity index (χ1n) is 7.00. The summed E-state index contributed by atoms with van der Waals surface area (Å²) in [5.41, 5.74) is 2.57. The highest BCUT2D eigenvalue weighted by Gasteiger charge is 2.08. The first-order chi connectivity index (χ1) is 10.3.